The van der Waals surface area contributed by atoms with Crippen molar-refractivity contribution in [3.05, 3.63) is 70.5 Å². The Hall–Kier alpha value is -2.98. The second-order valence-corrected chi connectivity index (χ2v) is 17.0. The van der Waals surface area contributed by atoms with Crippen molar-refractivity contribution in [2.45, 2.75) is 60.7 Å². The maximum Gasteiger partial charge on any atom is 0.216 e. The van der Waals surface area contributed by atoms with E-state index in [1.807, 2.05) is 6.07 Å². The third-order valence-electron chi connectivity index (χ3n) is 7.69. The Morgan fingerprint density at radius 2 is 1.58 bits per heavy atom. The van der Waals surface area contributed by atoms with Crippen molar-refractivity contribution < 1.29 is 13.4 Å². The van der Waals surface area contributed by atoms with Crippen LogP contribution < -0.4 is 9.75 Å². The van der Waals surface area contributed by atoms with Crippen LogP contribution in [0.1, 0.15) is 36.1 Å². The van der Waals surface area contributed by atoms with Gasteiger partial charge in [-0.3, -0.25) is 0 Å². The van der Waals surface area contributed by atoms with Gasteiger partial charge in [0, 0.05) is 34.4 Å². The molecule has 0 spiro atoms. The van der Waals surface area contributed by atoms with Crippen LogP contribution in [0.25, 0.3) is 44.1 Å². The molecule has 0 bridgehead atoms. The molecule has 0 saturated heterocycles. The lowest BCUT2D eigenvalue weighted by Crippen LogP contribution is -2.43. The van der Waals surface area contributed by atoms with E-state index < -0.39 is 8.07 Å². The Balaban J connectivity index is 1.94. The molecule has 36 heavy (non-hydrogen) atoms. The fraction of sp³-hybridized carbons (Fsp3) is 0.344. The number of pyridine rings is 1. The van der Waals surface area contributed by atoms with Gasteiger partial charge in [-0.15, -0.1) is 0 Å². The third-order valence-corrected chi connectivity index (χ3v) is 9.72. The average molecular weight is 499 g/mol. The Kier molecular flexibility index (Phi) is 5.87. The lowest BCUT2D eigenvalue weighted by Gasteiger charge is -2.21. The molecule has 2 nitrogen and oxygen atoms in total. The van der Waals surface area contributed by atoms with Gasteiger partial charge in [-0.05, 0) is 84.8 Å². The molecule has 2 heterocycles. The van der Waals surface area contributed by atoms with Crippen molar-refractivity contribution in [3.8, 4) is 11.3 Å². The van der Waals surface area contributed by atoms with Crippen LogP contribution in [0, 0.1) is 32.5 Å². The van der Waals surface area contributed by atoms with Crippen molar-refractivity contribution >= 4 is 46.1 Å². The molecule has 3 aromatic carbocycles. The van der Waals surface area contributed by atoms with Crippen molar-refractivity contribution in [3.63, 3.8) is 0 Å². The number of hydrogen-bond acceptors (Lipinski definition) is 1. The Morgan fingerprint density at radius 1 is 0.889 bits per heavy atom. The average Bonchev–Trinajstić information content (AvgIpc) is 3.12. The maximum atomic E-state index is 14.1. The summed E-state index contributed by atoms with van der Waals surface area (Å²) < 4.78 is 22.8. The molecule has 0 radical (unpaired) electrons. The highest BCUT2D eigenvalue weighted by molar-refractivity contribution is 6.90. The zero-order chi connectivity index (χ0) is 26.1. The summed E-state index contributed by atoms with van der Waals surface area (Å²) in [6.45, 7) is 18.4. The van der Waals surface area contributed by atoms with Crippen LogP contribution >= 0.6 is 0 Å². The van der Waals surface area contributed by atoms with Crippen LogP contribution in [0.2, 0.25) is 19.6 Å². The van der Waals surface area contributed by atoms with Crippen LogP contribution in [-0.2, 0) is 13.5 Å². The summed E-state index contributed by atoms with van der Waals surface area (Å²) in [4.78, 5) is 0. The molecule has 0 atom stereocenters. The minimum Gasteiger partial charge on any atom is -0.455 e. The molecule has 4 heteroatoms. The van der Waals surface area contributed by atoms with Crippen LogP contribution in [0.3, 0.4) is 0 Å². The lowest BCUT2D eigenvalue weighted by atomic mass is 9.94. The monoisotopic (exact) mass is 498 g/mol. The van der Waals surface area contributed by atoms with Gasteiger partial charge in [0.1, 0.15) is 24.0 Å². The molecule has 5 rings (SSSR count). The summed E-state index contributed by atoms with van der Waals surface area (Å²) in [7, 11) is 0.488. The molecular weight excluding hydrogens is 461 g/mol. The summed E-state index contributed by atoms with van der Waals surface area (Å²) in [5.41, 5.74) is 10.2. The van der Waals surface area contributed by atoms with E-state index in [2.05, 4.69) is 90.1 Å². The fourth-order valence-electron chi connectivity index (χ4n) is 5.61. The first-order valence-electron chi connectivity index (χ1n) is 13.0. The molecule has 5 aromatic rings. The number of halogens is 1. The second-order valence-electron chi connectivity index (χ2n) is 12.0. The lowest BCUT2D eigenvalue weighted by molar-refractivity contribution is -0.633. The first-order chi connectivity index (χ1) is 16.9. The minimum absolute atomic E-state index is 0.276. The first kappa shape index (κ1) is 24.7. The summed E-state index contributed by atoms with van der Waals surface area (Å²) >= 11 is 0. The van der Waals surface area contributed by atoms with Crippen molar-refractivity contribution in [2.24, 2.45) is 13.0 Å². The number of nitrogens with zero attached hydrogens (tertiary/aromatic N) is 1. The number of hydrogen-bond donors (Lipinski definition) is 0. The number of furan rings is 1. The molecule has 2 aromatic heterocycles. The Morgan fingerprint density at radius 3 is 2.25 bits per heavy atom. The summed E-state index contributed by atoms with van der Waals surface area (Å²) in [5, 5.41) is 4.82. The number of aromatic nitrogens is 1. The maximum absolute atomic E-state index is 14.1. The fourth-order valence-corrected chi connectivity index (χ4v) is 7.19. The number of aryl methyl sites for hydroxylation is 3. The number of fused-ring (bicyclic) bond motifs is 4. The van der Waals surface area contributed by atoms with Crippen molar-refractivity contribution in [1.82, 2.24) is 0 Å². The molecular formula is C32H37FNOSi+. The zero-order valence-electron chi connectivity index (χ0n) is 23.1. The molecule has 0 aliphatic rings. The zero-order valence-corrected chi connectivity index (χ0v) is 24.1. The smallest absolute Gasteiger partial charge is 0.216 e. The Bertz CT molecular complexity index is 1670. The second kappa shape index (κ2) is 8.55. The van der Waals surface area contributed by atoms with E-state index in [0.717, 1.165) is 34.0 Å². The van der Waals surface area contributed by atoms with Gasteiger partial charge < -0.3 is 4.42 Å². The molecule has 0 N–H and O–H groups in total. The molecule has 0 saturated carbocycles. The van der Waals surface area contributed by atoms with E-state index in [1.165, 1.54) is 50.5 Å². The molecule has 0 fully saturated rings. The number of benzene rings is 3. The van der Waals surface area contributed by atoms with Gasteiger partial charge in [-0.1, -0.05) is 33.5 Å². The topological polar surface area (TPSA) is 17.0 Å². The minimum atomic E-state index is -1.69. The first-order valence-corrected chi connectivity index (χ1v) is 16.5. The third kappa shape index (κ3) is 3.96. The highest BCUT2D eigenvalue weighted by Crippen LogP contribution is 2.39. The predicted molar refractivity (Wildman–Crippen MR) is 154 cm³/mol. The van der Waals surface area contributed by atoms with Gasteiger partial charge in [-0.2, -0.15) is 4.57 Å². The van der Waals surface area contributed by atoms with Gasteiger partial charge in [0.25, 0.3) is 0 Å². The molecule has 186 valence electrons. The van der Waals surface area contributed by atoms with E-state index in [-0.39, 0.29) is 5.82 Å². The summed E-state index contributed by atoms with van der Waals surface area (Å²) in [6, 6.07) is 14.3. The van der Waals surface area contributed by atoms with Gasteiger partial charge in [0.15, 0.2) is 0 Å². The highest BCUT2D eigenvalue weighted by Gasteiger charge is 2.30. The van der Waals surface area contributed by atoms with Crippen LogP contribution in [0.15, 0.2) is 46.9 Å². The normalized spacial score (nSPS) is 12.5. The molecule has 0 aliphatic heterocycles. The van der Waals surface area contributed by atoms with Crippen molar-refractivity contribution in [2.75, 3.05) is 0 Å². The largest absolute Gasteiger partial charge is 0.455 e. The van der Waals surface area contributed by atoms with Gasteiger partial charge >= 0.3 is 0 Å². The van der Waals surface area contributed by atoms with E-state index in [1.54, 1.807) is 0 Å². The van der Waals surface area contributed by atoms with Crippen LogP contribution in [-0.4, -0.2) is 8.07 Å². The molecule has 0 amide bonds. The van der Waals surface area contributed by atoms with E-state index in [9.17, 15) is 4.39 Å². The van der Waals surface area contributed by atoms with Crippen molar-refractivity contribution in [1.29, 1.82) is 0 Å². The summed E-state index contributed by atoms with van der Waals surface area (Å²) in [5.74, 6) is 0.322. The standard InChI is InChI=1S/C32H37FNOSi/c1-18(2)12-22-15-27-26(14-20(22)4)30(36(7,8)9)17-28(34(27)6)31-21(5)19(3)13-25-24-11-10-23(33)16-29(24)35-32(25)31/h10-11,13-18H,12H2,1-9H3/q+1. The summed E-state index contributed by atoms with van der Waals surface area (Å²) in [6.07, 6.45) is 1.07. The molecule has 0 aliphatic carbocycles. The van der Waals surface area contributed by atoms with E-state index in [4.69, 9.17) is 4.42 Å². The van der Waals surface area contributed by atoms with Gasteiger partial charge in [0.2, 0.25) is 11.2 Å². The molecule has 0 unspecified atom stereocenters. The highest BCUT2D eigenvalue weighted by atomic mass is 28.3. The van der Waals surface area contributed by atoms with Gasteiger partial charge in [0.05, 0.1) is 13.6 Å². The quantitative estimate of drug-likeness (QED) is 0.181. The SMILES string of the molecule is Cc1cc2c([Si](C)(C)C)cc(-c3c(C)c(C)cc4c3oc3cc(F)ccc34)[n+](C)c2cc1CC(C)C. The van der Waals surface area contributed by atoms with Crippen LogP contribution in [0.5, 0.6) is 0 Å². The predicted octanol–water partition coefficient (Wildman–Crippen LogP) is 8.04. The van der Waals surface area contributed by atoms with Gasteiger partial charge in [-0.25, -0.2) is 4.39 Å². The van der Waals surface area contributed by atoms with Crippen LogP contribution in [0.4, 0.5) is 4.39 Å². The Labute approximate surface area is 214 Å². The van der Waals surface area contributed by atoms with E-state index >= 15 is 0 Å². The van der Waals surface area contributed by atoms with E-state index in [0.29, 0.717) is 11.5 Å². The number of rotatable bonds is 4.